The van der Waals surface area contributed by atoms with Gasteiger partial charge in [0.15, 0.2) is 0 Å². The molecule has 0 saturated heterocycles. The van der Waals surface area contributed by atoms with E-state index in [2.05, 4.69) is 4.74 Å². The van der Waals surface area contributed by atoms with E-state index >= 15 is 0 Å². The maximum Gasteiger partial charge on any atom is 0.314 e. The number of carbonyl (C=O) groups is 1. The number of aliphatic hydroxyl groups excluding tert-OH is 4. The number of ether oxygens (including phenoxy) is 1. The molecular weight excluding hydrogens is 204 g/mol. The maximum atomic E-state index is 11.3. The molecule has 0 saturated carbocycles. The Bertz CT molecular complexity index is 183. The van der Waals surface area contributed by atoms with Crippen LogP contribution in [0.1, 0.15) is 13.8 Å². The smallest absolute Gasteiger partial charge is 0.314 e. The number of carbonyl (C=O) groups excluding carboxylic acids is 1. The van der Waals surface area contributed by atoms with Crippen LogP contribution >= 0.6 is 0 Å². The van der Waals surface area contributed by atoms with Crippen LogP contribution in [0.5, 0.6) is 0 Å². The molecule has 0 aliphatic carbocycles. The monoisotopic (exact) mass is 222 g/mol. The van der Waals surface area contributed by atoms with Crippen molar-refractivity contribution < 1.29 is 30.0 Å². The van der Waals surface area contributed by atoms with Crippen LogP contribution in [0, 0.1) is 5.92 Å². The van der Waals surface area contributed by atoms with Crippen molar-refractivity contribution in [2.75, 3.05) is 13.2 Å². The number of hydrogen-bond acceptors (Lipinski definition) is 6. The zero-order chi connectivity index (χ0) is 12.0. The molecule has 4 N–H and O–H groups in total. The van der Waals surface area contributed by atoms with Crippen molar-refractivity contribution in [1.29, 1.82) is 0 Å². The molecule has 0 rings (SSSR count). The molecule has 3 unspecified atom stereocenters. The lowest BCUT2D eigenvalue weighted by atomic mass is 9.98. The van der Waals surface area contributed by atoms with Crippen LogP contribution in [-0.4, -0.2) is 57.9 Å². The van der Waals surface area contributed by atoms with Gasteiger partial charge in [0.05, 0.1) is 18.8 Å². The fourth-order valence-corrected chi connectivity index (χ4v) is 1.12. The van der Waals surface area contributed by atoms with Gasteiger partial charge >= 0.3 is 5.97 Å². The Balaban J connectivity index is 4.16. The minimum absolute atomic E-state index is 0.356. The van der Waals surface area contributed by atoms with Crippen LogP contribution in [0.25, 0.3) is 0 Å². The molecule has 0 spiro atoms. The number of hydrogen-bond donors (Lipinski definition) is 4. The summed E-state index contributed by atoms with van der Waals surface area (Å²) in [5.41, 5.74) is 0. The van der Waals surface area contributed by atoms with Gasteiger partial charge in [-0.3, -0.25) is 4.79 Å². The highest BCUT2D eigenvalue weighted by Crippen LogP contribution is 2.11. The third kappa shape index (κ3) is 5.08. The SMILES string of the molecule is CC(O)C(C(=O)OCC(O)CO)C(C)O. The normalized spacial score (nSPS) is 19.1. The summed E-state index contributed by atoms with van der Waals surface area (Å²) < 4.78 is 4.61. The molecule has 0 fully saturated rings. The van der Waals surface area contributed by atoms with E-state index < -0.39 is 36.8 Å². The Morgan fingerprint density at radius 1 is 1.20 bits per heavy atom. The minimum atomic E-state index is -1.14. The first-order chi connectivity index (χ1) is 6.90. The van der Waals surface area contributed by atoms with Crippen molar-refractivity contribution in [2.45, 2.75) is 32.2 Å². The Kier molecular flexibility index (Phi) is 6.42. The van der Waals surface area contributed by atoms with E-state index in [1.54, 1.807) is 0 Å². The molecule has 0 heterocycles. The van der Waals surface area contributed by atoms with Crippen molar-refractivity contribution in [2.24, 2.45) is 5.92 Å². The van der Waals surface area contributed by atoms with Crippen molar-refractivity contribution in [3.8, 4) is 0 Å². The highest BCUT2D eigenvalue weighted by molar-refractivity contribution is 5.73. The van der Waals surface area contributed by atoms with Crippen LogP contribution in [0.15, 0.2) is 0 Å². The molecule has 90 valence electrons. The third-order valence-electron chi connectivity index (χ3n) is 1.94. The summed E-state index contributed by atoms with van der Waals surface area (Å²) in [4.78, 5) is 11.3. The average Bonchev–Trinajstić information content (AvgIpc) is 2.12. The summed E-state index contributed by atoms with van der Waals surface area (Å²) in [5, 5.41) is 35.8. The van der Waals surface area contributed by atoms with Crippen LogP contribution in [-0.2, 0) is 9.53 Å². The van der Waals surface area contributed by atoms with Gasteiger partial charge in [0.2, 0.25) is 0 Å². The van der Waals surface area contributed by atoms with Gasteiger partial charge in [0.25, 0.3) is 0 Å². The lowest BCUT2D eigenvalue weighted by Crippen LogP contribution is -2.37. The Labute approximate surface area is 88.1 Å². The molecule has 0 aliphatic heterocycles. The summed E-state index contributed by atoms with van der Waals surface area (Å²) in [6, 6.07) is 0. The Morgan fingerprint density at radius 3 is 2.00 bits per heavy atom. The first-order valence-corrected chi connectivity index (χ1v) is 4.71. The molecular formula is C9H18O6. The summed E-state index contributed by atoms with van der Waals surface area (Å²) in [7, 11) is 0. The topological polar surface area (TPSA) is 107 Å². The second-order valence-corrected chi connectivity index (χ2v) is 3.47. The largest absolute Gasteiger partial charge is 0.462 e. The van der Waals surface area contributed by atoms with E-state index in [1.807, 2.05) is 0 Å². The lowest BCUT2D eigenvalue weighted by molar-refractivity contribution is -0.160. The van der Waals surface area contributed by atoms with Gasteiger partial charge in [-0.05, 0) is 13.8 Å². The van der Waals surface area contributed by atoms with Crippen molar-refractivity contribution in [1.82, 2.24) is 0 Å². The summed E-state index contributed by atoms with van der Waals surface area (Å²) in [6.45, 7) is 1.86. The predicted molar refractivity (Wildman–Crippen MR) is 50.9 cm³/mol. The van der Waals surface area contributed by atoms with Gasteiger partial charge in [-0.2, -0.15) is 0 Å². The zero-order valence-electron chi connectivity index (χ0n) is 8.83. The quantitative estimate of drug-likeness (QED) is 0.397. The summed E-state index contributed by atoms with van der Waals surface area (Å²) in [6.07, 6.45) is -3.22. The van der Waals surface area contributed by atoms with Gasteiger partial charge in [0, 0.05) is 0 Å². The van der Waals surface area contributed by atoms with Crippen molar-refractivity contribution in [3.05, 3.63) is 0 Å². The standard InChI is InChI=1S/C9H18O6/c1-5(11)8(6(2)12)9(14)15-4-7(13)3-10/h5-8,10-13H,3-4H2,1-2H3. The van der Waals surface area contributed by atoms with Gasteiger partial charge in [-0.15, -0.1) is 0 Å². The molecule has 0 amide bonds. The van der Waals surface area contributed by atoms with E-state index in [1.165, 1.54) is 13.8 Å². The van der Waals surface area contributed by atoms with Gasteiger partial charge in [-0.1, -0.05) is 0 Å². The second-order valence-electron chi connectivity index (χ2n) is 3.47. The molecule has 0 bridgehead atoms. The third-order valence-corrected chi connectivity index (χ3v) is 1.94. The molecule has 3 atom stereocenters. The first-order valence-electron chi connectivity index (χ1n) is 4.71. The number of rotatable bonds is 6. The number of esters is 1. The molecule has 6 nitrogen and oxygen atoms in total. The second kappa shape index (κ2) is 6.73. The molecule has 0 aromatic heterocycles. The van der Waals surface area contributed by atoms with E-state index in [0.29, 0.717) is 0 Å². The van der Waals surface area contributed by atoms with Crippen LogP contribution < -0.4 is 0 Å². The summed E-state index contributed by atoms with van der Waals surface area (Å²) >= 11 is 0. The average molecular weight is 222 g/mol. The molecule has 0 aromatic rings. The predicted octanol–water partition coefficient (Wildman–Crippen LogP) is -1.74. The van der Waals surface area contributed by atoms with Crippen molar-refractivity contribution >= 4 is 5.97 Å². The summed E-state index contributed by atoms with van der Waals surface area (Å²) in [5.74, 6) is -1.84. The zero-order valence-corrected chi connectivity index (χ0v) is 8.83. The number of aliphatic hydroxyl groups is 4. The van der Waals surface area contributed by atoms with Gasteiger partial charge < -0.3 is 25.2 Å². The highest BCUT2D eigenvalue weighted by atomic mass is 16.5. The van der Waals surface area contributed by atoms with Gasteiger partial charge in [-0.25, -0.2) is 0 Å². The molecule has 15 heavy (non-hydrogen) atoms. The Morgan fingerprint density at radius 2 is 1.67 bits per heavy atom. The fourth-order valence-electron chi connectivity index (χ4n) is 1.12. The maximum absolute atomic E-state index is 11.3. The van der Waals surface area contributed by atoms with E-state index in [4.69, 9.17) is 10.2 Å². The molecule has 0 aliphatic rings. The molecule has 0 aromatic carbocycles. The van der Waals surface area contributed by atoms with E-state index in [9.17, 15) is 15.0 Å². The highest BCUT2D eigenvalue weighted by Gasteiger charge is 2.30. The van der Waals surface area contributed by atoms with Gasteiger partial charge in [0.1, 0.15) is 18.6 Å². The Hall–Kier alpha value is -0.690. The van der Waals surface area contributed by atoms with E-state index in [-0.39, 0.29) is 6.61 Å². The van der Waals surface area contributed by atoms with Crippen LogP contribution in [0.3, 0.4) is 0 Å². The fraction of sp³-hybridized carbons (Fsp3) is 0.889. The van der Waals surface area contributed by atoms with E-state index in [0.717, 1.165) is 0 Å². The molecule has 0 radical (unpaired) electrons. The molecule has 6 heteroatoms. The van der Waals surface area contributed by atoms with Crippen LogP contribution in [0.4, 0.5) is 0 Å². The lowest BCUT2D eigenvalue weighted by Gasteiger charge is -2.21. The van der Waals surface area contributed by atoms with Crippen molar-refractivity contribution in [3.63, 3.8) is 0 Å². The van der Waals surface area contributed by atoms with Crippen LogP contribution in [0.2, 0.25) is 0 Å². The minimum Gasteiger partial charge on any atom is -0.462 e. The first kappa shape index (κ1) is 14.3.